The van der Waals surface area contributed by atoms with Gasteiger partial charge in [-0.2, -0.15) is 0 Å². The van der Waals surface area contributed by atoms with E-state index in [1.807, 2.05) is 25.1 Å². The summed E-state index contributed by atoms with van der Waals surface area (Å²) in [5, 5.41) is 9.71. The van der Waals surface area contributed by atoms with Gasteiger partial charge in [0, 0.05) is 19.7 Å². The lowest BCUT2D eigenvalue weighted by molar-refractivity contribution is -0.152. The smallest absolute Gasteiger partial charge is 0.313 e. The first-order chi connectivity index (χ1) is 16.4. The number of carbonyl (C=O) groups excluding carboxylic acids is 3. The van der Waals surface area contributed by atoms with Crippen LogP contribution in [0.3, 0.4) is 0 Å². The number of hydrogen-bond acceptors (Lipinski definition) is 6. The van der Waals surface area contributed by atoms with Crippen molar-refractivity contribution in [2.24, 2.45) is 11.8 Å². The maximum Gasteiger partial charge on any atom is 0.313 e. The summed E-state index contributed by atoms with van der Waals surface area (Å²) in [6.45, 7) is 2.51. The van der Waals surface area contributed by atoms with Crippen molar-refractivity contribution >= 4 is 35.1 Å². The van der Waals surface area contributed by atoms with Crippen LogP contribution >= 0.6 is 11.6 Å². The number of anilines is 1. The molecule has 0 aromatic heterocycles. The number of benzene rings is 1. The quantitative estimate of drug-likeness (QED) is 0.388. The lowest BCUT2D eigenvalue weighted by atomic mass is 9.78. The number of fused-ring (bicyclic) bond motifs is 2. The van der Waals surface area contributed by atoms with Crippen molar-refractivity contribution in [1.82, 2.24) is 4.90 Å². The molecule has 1 aromatic carbocycles. The van der Waals surface area contributed by atoms with Crippen LogP contribution in [0.15, 0.2) is 42.5 Å². The molecule has 34 heavy (non-hydrogen) atoms. The van der Waals surface area contributed by atoms with Crippen molar-refractivity contribution < 1.29 is 29.0 Å². The highest BCUT2D eigenvalue weighted by molar-refractivity contribution is 6.34. The number of hydrogen-bond donors (Lipinski definition) is 1. The number of aliphatic hydroxyl groups is 1. The van der Waals surface area contributed by atoms with Gasteiger partial charge in [0.05, 0.1) is 22.7 Å². The fourth-order valence-electron chi connectivity index (χ4n) is 5.77. The number of unbranched alkanes of at least 4 members (excludes halogenated alkanes) is 1. The van der Waals surface area contributed by atoms with Gasteiger partial charge in [-0.15, -0.1) is 0 Å². The van der Waals surface area contributed by atoms with Crippen LogP contribution in [0.5, 0.6) is 0 Å². The third-order valence-corrected chi connectivity index (χ3v) is 7.48. The maximum absolute atomic E-state index is 14.2. The van der Waals surface area contributed by atoms with Crippen LogP contribution in [0, 0.1) is 18.8 Å². The summed E-state index contributed by atoms with van der Waals surface area (Å²) in [4.78, 5) is 44.0. The molecular weight excluding hydrogens is 460 g/mol. The number of cyclic esters (lactones) is 1. The van der Waals surface area contributed by atoms with Crippen LogP contribution < -0.4 is 4.90 Å². The van der Waals surface area contributed by atoms with Crippen molar-refractivity contribution in [3.05, 3.63) is 53.1 Å². The predicted molar refractivity (Wildman–Crippen MR) is 124 cm³/mol. The number of aliphatic hydroxyl groups excluding tert-OH is 1. The predicted octanol–water partition coefficient (Wildman–Crippen LogP) is 2.02. The minimum Gasteiger partial charge on any atom is -0.461 e. The Balaban J connectivity index is 1.62. The zero-order valence-corrected chi connectivity index (χ0v) is 19.6. The molecule has 8 nitrogen and oxygen atoms in total. The first kappa shape index (κ1) is 23.1. The average Bonchev–Trinajstić information content (AvgIpc) is 3.10. The summed E-state index contributed by atoms with van der Waals surface area (Å²) in [7, 11) is 0. The number of para-hydroxylation sites is 1. The van der Waals surface area contributed by atoms with E-state index in [2.05, 4.69) is 0 Å². The molecule has 0 aliphatic carbocycles. The van der Waals surface area contributed by atoms with E-state index in [0.29, 0.717) is 23.6 Å². The number of rotatable bonds is 5. The maximum atomic E-state index is 14.2. The zero-order chi connectivity index (χ0) is 24.0. The number of halogens is 1. The summed E-state index contributed by atoms with van der Waals surface area (Å²) in [6.07, 6.45) is 7.41. The van der Waals surface area contributed by atoms with Gasteiger partial charge < -0.3 is 24.4 Å². The Morgan fingerprint density at radius 3 is 2.76 bits per heavy atom. The topological polar surface area (TPSA) is 96.4 Å². The van der Waals surface area contributed by atoms with Crippen LogP contribution in [0.4, 0.5) is 5.69 Å². The van der Waals surface area contributed by atoms with E-state index in [0.717, 1.165) is 5.56 Å². The number of esters is 1. The van der Waals surface area contributed by atoms with Crippen LogP contribution in [0.2, 0.25) is 5.02 Å². The molecule has 1 unspecified atom stereocenters. The van der Waals surface area contributed by atoms with Gasteiger partial charge in [0.2, 0.25) is 5.91 Å². The van der Waals surface area contributed by atoms with Crippen molar-refractivity contribution in [1.29, 1.82) is 0 Å². The van der Waals surface area contributed by atoms with Crippen molar-refractivity contribution in [2.75, 3.05) is 31.2 Å². The van der Waals surface area contributed by atoms with Crippen LogP contribution in [-0.4, -0.2) is 71.8 Å². The second kappa shape index (κ2) is 8.83. The molecule has 9 heteroatoms. The minimum absolute atomic E-state index is 0.0155. The van der Waals surface area contributed by atoms with Gasteiger partial charge in [0.25, 0.3) is 5.91 Å². The molecule has 1 N–H and O–H groups in total. The molecule has 0 radical (unpaired) electrons. The van der Waals surface area contributed by atoms with Crippen molar-refractivity contribution in [3.63, 3.8) is 0 Å². The molecule has 0 saturated carbocycles. The summed E-state index contributed by atoms with van der Waals surface area (Å²) < 4.78 is 11.8. The molecule has 5 rings (SSSR count). The number of nitrogens with zero attached hydrogens (tertiary/aromatic N) is 2. The highest BCUT2D eigenvalue weighted by Gasteiger charge is 2.71. The van der Waals surface area contributed by atoms with E-state index < -0.39 is 35.6 Å². The normalized spacial score (nSPS) is 32.3. The Kier molecular flexibility index (Phi) is 6.00. The van der Waals surface area contributed by atoms with E-state index in [1.165, 1.54) is 4.90 Å². The van der Waals surface area contributed by atoms with E-state index >= 15 is 0 Å². The molecule has 2 fully saturated rings. The Labute approximate surface area is 202 Å². The highest BCUT2D eigenvalue weighted by atomic mass is 35.5. The Morgan fingerprint density at radius 2 is 2.00 bits per heavy atom. The third-order valence-electron chi connectivity index (χ3n) is 7.18. The van der Waals surface area contributed by atoms with Crippen molar-refractivity contribution in [2.45, 2.75) is 37.5 Å². The molecule has 2 saturated heterocycles. The first-order valence-electron chi connectivity index (χ1n) is 11.6. The lowest BCUT2D eigenvalue weighted by Gasteiger charge is -2.36. The molecular formula is C25H27ClN2O6. The van der Waals surface area contributed by atoms with Gasteiger partial charge in [0.15, 0.2) is 0 Å². The first-order valence-corrected chi connectivity index (χ1v) is 11.9. The van der Waals surface area contributed by atoms with Gasteiger partial charge in [0.1, 0.15) is 24.2 Å². The largest absolute Gasteiger partial charge is 0.461 e. The SMILES string of the molecule is Cc1cccc(Cl)c1N1CC=C[C@]23O[C@H]4C=CCOC(=O)[C@H]4[C@H]2C(=O)N(CCCCO)C3C1=O. The fourth-order valence-corrected chi connectivity index (χ4v) is 6.09. The second-order valence-electron chi connectivity index (χ2n) is 9.12. The number of ether oxygens (including phenoxy) is 2. The van der Waals surface area contributed by atoms with Gasteiger partial charge >= 0.3 is 5.97 Å². The average molecular weight is 487 g/mol. The fraction of sp³-hybridized carbons (Fsp3) is 0.480. The van der Waals surface area contributed by atoms with E-state index in [9.17, 15) is 19.5 Å². The molecule has 4 heterocycles. The standard InChI is InChI=1S/C25H27ClN2O6/c1-15-7-4-8-16(26)20(15)27-12-6-10-25-19(18-17(34-25)9-5-14-33-24(18)32)22(30)28(11-2-3-13-29)21(25)23(27)31/h4-10,17-19,21,29H,2-3,11-14H2,1H3/t17-,18+,19-,21?,25-/m0/s1. The van der Waals surface area contributed by atoms with Crippen LogP contribution in [0.25, 0.3) is 0 Å². The minimum atomic E-state index is -1.30. The molecule has 2 amide bonds. The molecule has 1 aromatic rings. The van der Waals surface area contributed by atoms with Gasteiger partial charge in [-0.3, -0.25) is 14.4 Å². The Bertz CT molecular complexity index is 1070. The molecule has 4 aliphatic rings. The molecule has 180 valence electrons. The number of amides is 2. The zero-order valence-electron chi connectivity index (χ0n) is 18.9. The Morgan fingerprint density at radius 1 is 1.18 bits per heavy atom. The lowest BCUT2D eigenvalue weighted by Crippen LogP contribution is -2.55. The van der Waals surface area contributed by atoms with Crippen LogP contribution in [-0.2, 0) is 23.9 Å². The highest BCUT2D eigenvalue weighted by Crippen LogP contribution is 2.53. The summed E-state index contributed by atoms with van der Waals surface area (Å²) in [5.74, 6) is -2.82. The van der Waals surface area contributed by atoms with Gasteiger partial charge in [-0.25, -0.2) is 0 Å². The number of aryl methyl sites for hydroxylation is 1. The van der Waals surface area contributed by atoms with Crippen molar-refractivity contribution in [3.8, 4) is 0 Å². The van der Waals surface area contributed by atoms with E-state index in [1.54, 1.807) is 29.2 Å². The number of carbonyl (C=O) groups is 3. The Hall–Kier alpha value is -2.68. The van der Waals surface area contributed by atoms with Crippen LogP contribution in [0.1, 0.15) is 18.4 Å². The molecule has 5 atom stereocenters. The summed E-state index contributed by atoms with van der Waals surface area (Å²) in [6, 6.07) is 4.47. The molecule has 0 bridgehead atoms. The number of likely N-dealkylation sites (tertiary alicyclic amines) is 1. The molecule has 4 aliphatic heterocycles. The summed E-state index contributed by atoms with van der Waals surface area (Å²) >= 11 is 6.51. The third kappa shape index (κ3) is 3.39. The van der Waals surface area contributed by atoms with Gasteiger partial charge in [-0.1, -0.05) is 42.0 Å². The van der Waals surface area contributed by atoms with Gasteiger partial charge in [-0.05, 0) is 37.5 Å². The monoisotopic (exact) mass is 486 g/mol. The summed E-state index contributed by atoms with van der Waals surface area (Å²) in [5.41, 5.74) is 0.128. The van der Waals surface area contributed by atoms with E-state index in [4.69, 9.17) is 21.1 Å². The van der Waals surface area contributed by atoms with E-state index in [-0.39, 0.29) is 38.1 Å². The second-order valence-corrected chi connectivity index (χ2v) is 9.53. The molecule has 1 spiro atoms.